The number of amides is 2. The van der Waals surface area contributed by atoms with Gasteiger partial charge in [-0.2, -0.15) is 0 Å². The molecular formula is C15H19NO3. The Kier molecular flexibility index (Phi) is 3.35. The summed E-state index contributed by atoms with van der Waals surface area (Å²) < 4.78 is 0. The Morgan fingerprint density at radius 3 is 2.47 bits per heavy atom. The monoisotopic (exact) mass is 261 g/mol. The Labute approximate surface area is 113 Å². The molecule has 0 saturated carbocycles. The van der Waals surface area contributed by atoms with Crippen molar-refractivity contribution >= 4 is 11.8 Å². The molecule has 1 aliphatic rings. The zero-order chi connectivity index (χ0) is 14.2. The second-order valence-electron chi connectivity index (χ2n) is 5.66. The number of nitrogens with zero attached hydrogens (tertiary/aromatic N) is 1. The second kappa shape index (κ2) is 4.68. The highest BCUT2D eigenvalue weighted by atomic mass is 16.3. The first-order chi connectivity index (χ1) is 8.86. The van der Waals surface area contributed by atoms with Crippen molar-refractivity contribution in [2.24, 2.45) is 11.3 Å². The maximum absolute atomic E-state index is 12.4. The van der Waals surface area contributed by atoms with Gasteiger partial charge >= 0.3 is 0 Å². The molecule has 4 nitrogen and oxygen atoms in total. The van der Waals surface area contributed by atoms with E-state index in [1.807, 2.05) is 20.8 Å². The molecule has 0 bridgehead atoms. The van der Waals surface area contributed by atoms with Crippen LogP contribution in [0.2, 0.25) is 0 Å². The van der Waals surface area contributed by atoms with Crippen LogP contribution in [-0.4, -0.2) is 21.8 Å². The van der Waals surface area contributed by atoms with E-state index in [9.17, 15) is 14.7 Å². The number of para-hydroxylation sites is 1. The molecule has 1 heterocycles. The number of carbonyl (C=O) groups is 2. The standard InChI is InChI=1S/C15H19NO3/c1-10(2)15(3)8-13(18)16(14(15)19)9-11-6-4-5-7-12(11)17/h4-7,10,17H,8-9H2,1-3H3. The van der Waals surface area contributed by atoms with Crippen molar-refractivity contribution in [3.05, 3.63) is 29.8 Å². The molecule has 1 aliphatic heterocycles. The van der Waals surface area contributed by atoms with E-state index in [2.05, 4.69) is 0 Å². The first-order valence-electron chi connectivity index (χ1n) is 6.48. The zero-order valence-corrected chi connectivity index (χ0v) is 11.5. The molecule has 1 saturated heterocycles. The van der Waals surface area contributed by atoms with Crippen LogP contribution in [0.15, 0.2) is 24.3 Å². The highest BCUT2D eigenvalue weighted by Gasteiger charge is 2.49. The molecule has 2 rings (SSSR count). The molecule has 102 valence electrons. The first-order valence-corrected chi connectivity index (χ1v) is 6.48. The summed E-state index contributed by atoms with van der Waals surface area (Å²) in [7, 11) is 0. The SMILES string of the molecule is CC(C)C1(C)CC(=O)N(Cc2ccccc2O)C1=O. The second-order valence-corrected chi connectivity index (χ2v) is 5.66. The van der Waals surface area contributed by atoms with Crippen LogP contribution in [0.5, 0.6) is 5.75 Å². The molecule has 0 radical (unpaired) electrons. The molecule has 1 aromatic rings. The quantitative estimate of drug-likeness (QED) is 0.849. The first kappa shape index (κ1) is 13.6. The number of phenols is 1. The number of aromatic hydroxyl groups is 1. The number of rotatable bonds is 3. The lowest BCUT2D eigenvalue weighted by Crippen LogP contribution is -2.36. The third-order valence-corrected chi connectivity index (χ3v) is 4.15. The molecule has 0 aliphatic carbocycles. The number of benzene rings is 1. The van der Waals surface area contributed by atoms with Crippen molar-refractivity contribution in [3.8, 4) is 5.75 Å². The van der Waals surface area contributed by atoms with Gasteiger partial charge < -0.3 is 5.11 Å². The molecule has 0 aromatic heterocycles. The van der Waals surface area contributed by atoms with E-state index in [0.717, 1.165) is 0 Å². The minimum Gasteiger partial charge on any atom is -0.508 e. The predicted octanol–water partition coefficient (Wildman–Crippen LogP) is 2.31. The lowest BCUT2D eigenvalue weighted by molar-refractivity contribution is -0.142. The average Bonchev–Trinajstić information content (AvgIpc) is 2.57. The van der Waals surface area contributed by atoms with Crippen LogP contribution in [0.3, 0.4) is 0 Å². The number of imide groups is 1. The lowest BCUT2D eigenvalue weighted by Gasteiger charge is -2.26. The molecule has 19 heavy (non-hydrogen) atoms. The van der Waals surface area contributed by atoms with Crippen molar-refractivity contribution in [2.75, 3.05) is 0 Å². The molecule has 1 aromatic carbocycles. The van der Waals surface area contributed by atoms with Crippen molar-refractivity contribution in [1.82, 2.24) is 4.90 Å². The highest BCUT2D eigenvalue weighted by Crippen LogP contribution is 2.40. The van der Waals surface area contributed by atoms with Gasteiger partial charge in [-0.25, -0.2) is 0 Å². The number of hydrogen-bond donors (Lipinski definition) is 1. The lowest BCUT2D eigenvalue weighted by atomic mass is 9.78. The van der Waals surface area contributed by atoms with Crippen LogP contribution in [0.4, 0.5) is 0 Å². The van der Waals surface area contributed by atoms with E-state index >= 15 is 0 Å². The largest absolute Gasteiger partial charge is 0.508 e. The number of hydrogen-bond acceptors (Lipinski definition) is 3. The summed E-state index contributed by atoms with van der Waals surface area (Å²) in [6, 6.07) is 6.77. The van der Waals surface area contributed by atoms with Crippen molar-refractivity contribution < 1.29 is 14.7 Å². The summed E-state index contributed by atoms with van der Waals surface area (Å²) in [5.41, 5.74) is -0.0289. The van der Waals surface area contributed by atoms with Crippen LogP contribution < -0.4 is 0 Å². The van der Waals surface area contributed by atoms with Gasteiger partial charge in [0.05, 0.1) is 12.0 Å². The molecule has 1 fully saturated rings. The topological polar surface area (TPSA) is 57.6 Å². The summed E-state index contributed by atoms with van der Waals surface area (Å²) in [6.45, 7) is 5.89. The van der Waals surface area contributed by atoms with Gasteiger partial charge in [0.1, 0.15) is 5.75 Å². The van der Waals surface area contributed by atoms with E-state index in [1.165, 1.54) is 4.90 Å². The van der Waals surface area contributed by atoms with E-state index < -0.39 is 5.41 Å². The van der Waals surface area contributed by atoms with Gasteiger partial charge in [-0.15, -0.1) is 0 Å². The summed E-state index contributed by atoms with van der Waals surface area (Å²) >= 11 is 0. The fraction of sp³-hybridized carbons (Fsp3) is 0.467. The summed E-state index contributed by atoms with van der Waals surface area (Å²) in [5, 5.41) is 9.73. The maximum Gasteiger partial charge on any atom is 0.236 e. The number of phenolic OH excluding ortho intramolecular Hbond substituents is 1. The minimum atomic E-state index is -0.624. The Morgan fingerprint density at radius 1 is 1.32 bits per heavy atom. The Hall–Kier alpha value is -1.84. The molecule has 1 unspecified atom stereocenters. The zero-order valence-electron chi connectivity index (χ0n) is 11.5. The van der Waals surface area contributed by atoms with E-state index in [4.69, 9.17) is 0 Å². The van der Waals surface area contributed by atoms with E-state index in [1.54, 1.807) is 24.3 Å². The average molecular weight is 261 g/mol. The van der Waals surface area contributed by atoms with Crippen LogP contribution in [0, 0.1) is 11.3 Å². The fourth-order valence-corrected chi connectivity index (χ4v) is 2.33. The maximum atomic E-state index is 12.4. The predicted molar refractivity (Wildman–Crippen MR) is 71.2 cm³/mol. The summed E-state index contributed by atoms with van der Waals surface area (Å²) in [5.74, 6) is -0.0835. The molecule has 0 spiro atoms. The van der Waals surface area contributed by atoms with Crippen LogP contribution in [0.1, 0.15) is 32.8 Å². The molecule has 1 N–H and O–H groups in total. The Morgan fingerprint density at radius 2 is 1.95 bits per heavy atom. The van der Waals surface area contributed by atoms with Crippen molar-refractivity contribution in [1.29, 1.82) is 0 Å². The number of carbonyl (C=O) groups excluding carboxylic acids is 2. The van der Waals surface area contributed by atoms with Gasteiger partial charge in [0.2, 0.25) is 11.8 Å². The van der Waals surface area contributed by atoms with Gasteiger partial charge in [0.25, 0.3) is 0 Å². The molecule has 1 atom stereocenters. The molecular weight excluding hydrogens is 242 g/mol. The van der Waals surface area contributed by atoms with E-state index in [-0.39, 0.29) is 36.4 Å². The van der Waals surface area contributed by atoms with Crippen LogP contribution in [-0.2, 0) is 16.1 Å². The fourth-order valence-electron chi connectivity index (χ4n) is 2.33. The Balaban J connectivity index is 2.25. The summed E-state index contributed by atoms with van der Waals surface area (Å²) in [4.78, 5) is 25.7. The van der Waals surface area contributed by atoms with Gasteiger partial charge in [-0.05, 0) is 18.9 Å². The third-order valence-electron chi connectivity index (χ3n) is 4.15. The minimum absolute atomic E-state index is 0.110. The smallest absolute Gasteiger partial charge is 0.236 e. The summed E-state index contributed by atoms with van der Waals surface area (Å²) in [6.07, 6.45) is 0.247. The van der Waals surface area contributed by atoms with Crippen molar-refractivity contribution in [2.45, 2.75) is 33.7 Å². The molecule has 4 heteroatoms. The molecule has 2 amide bonds. The third kappa shape index (κ3) is 2.23. The van der Waals surface area contributed by atoms with Gasteiger partial charge in [0.15, 0.2) is 0 Å². The van der Waals surface area contributed by atoms with Gasteiger partial charge in [-0.1, -0.05) is 32.0 Å². The van der Waals surface area contributed by atoms with Crippen LogP contribution in [0.25, 0.3) is 0 Å². The number of likely N-dealkylation sites (tertiary alicyclic amines) is 1. The van der Waals surface area contributed by atoms with Crippen molar-refractivity contribution in [3.63, 3.8) is 0 Å². The highest BCUT2D eigenvalue weighted by molar-refractivity contribution is 6.05. The normalized spacial score (nSPS) is 23.5. The van der Waals surface area contributed by atoms with Gasteiger partial charge in [-0.3, -0.25) is 14.5 Å². The van der Waals surface area contributed by atoms with Gasteiger partial charge in [0, 0.05) is 12.0 Å². The van der Waals surface area contributed by atoms with Crippen LogP contribution >= 0.6 is 0 Å². The Bertz CT molecular complexity index is 524. The van der Waals surface area contributed by atoms with E-state index in [0.29, 0.717) is 5.56 Å².